The first-order chi connectivity index (χ1) is 8.13. The highest BCUT2D eigenvalue weighted by molar-refractivity contribution is 5.70. The van der Waals surface area contributed by atoms with Crippen LogP contribution in [0.5, 0.6) is 0 Å². The summed E-state index contributed by atoms with van der Waals surface area (Å²) < 4.78 is 0. The minimum atomic E-state index is 0.359. The molecule has 17 heavy (non-hydrogen) atoms. The highest BCUT2D eigenvalue weighted by atomic mass is 15.3. The minimum absolute atomic E-state index is 0.359. The summed E-state index contributed by atoms with van der Waals surface area (Å²) in [6.45, 7) is 5.01. The van der Waals surface area contributed by atoms with E-state index < -0.39 is 0 Å². The molecule has 1 aliphatic rings. The number of pyridine rings is 1. The molecule has 1 saturated heterocycles. The molecule has 0 saturated carbocycles. The number of piperazine rings is 1. The number of nitrogen functional groups attached to an aromatic ring is 1. The maximum Gasteiger partial charge on any atom is 0.153 e. The smallest absolute Gasteiger partial charge is 0.153 e. The third-order valence-electron chi connectivity index (χ3n) is 3.19. The SMILES string of the molecule is CC1CN(C)CCN1c1nccc(C#N)c1N. The second-order valence-corrected chi connectivity index (χ2v) is 4.51. The quantitative estimate of drug-likeness (QED) is 0.769. The number of anilines is 2. The Bertz CT molecular complexity index is 451. The molecule has 5 nitrogen and oxygen atoms in total. The molecule has 2 heterocycles. The molecule has 0 radical (unpaired) electrons. The molecule has 5 heteroatoms. The van der Waals surface area contributed by atoms with E-state index >= 15 is 0 Å². The molecule has 1 aromatic heterocycles. The van der Waals surface area contributed by atoms with Crippen LogP contribution in [0.15, 0.2) is 12.3 Å². The average Bonchev–Trinajstić information content (AvgIpc) is 2.30. The first kappa shape index (κ1) is 11.7. The van der Waals surface area contributed by atoms with Crippen molar-refractivity contribution in [2.75, 3.05) is 37.3 Å². The van der Waals surface area contributed by atoms with Crippen LogP contribution in [0, 0.1) is 11.3 Å². The van der Waals surface area contributed by atoms with Crippen LogP contribution in [0.2, 0.25) is 0 Å². The van der Waals surface area contributed by atoms with Gasteiger partial charge < -0.3 is 15.5 Å². The zero-order valence-corrected chi connectivity index (χ0v) is 10.2. The fourth-order valence-corrected chi connectivity index (χ4v) is 2.24. The number of nitriles is 1. The van der Waals surface area contributed by atoms with E-state index in [4.69, 9.17) is 11.0 Å². The van der Waals surface area contributed by atoms with E-state index in [0.29, 0.717) is 17.3 Å². The third kappa shape index (κ3) is 2.17. The van der Waals surface area contributed by atoms with Crippen LogP contribution < -0.4 is 10.6 Å². The van der Waals surface area contributed by atoms with Crippen molar-refractivity contribution >= 4 is 11.5 Å². The van der Waals surface area contributed by atoms with Gasteiger partial charge in [-0.25, -0.2) is 4.98 Å². The van der Waals surface area contributed by atoms with E-state index in [1.54, 1.807) is 12.3 Å². The van der Waals surface area contributed by atoms with Gasteiger partial charge in [-0.05, 0) is 20.0 Å². The topological polar surface area (TPSA) is 69.2 Å². The number of aromatic nitrogens is 1. The van der Waals surface area contributed by atoms with Gasteiger partial charge >= 0.3 is 0 Å². The van der Waals surface area contributed by atoms with Gasteiger partial charge in [0.05, 0.1) is 11.3 Å². The Morgan fingerprint density at radius 2 is 2.29 bits per heavy atom. The van der Waals surface area contributed by atoms with Gasteiger partial charge in [-0.2, -0.15) is 5.26 Å². The minimum Gasteiger partial charge on any atom is -0.395 e. The van der Waals surface area contributed by atoms with E-state index in [0.717, 1.165) is 25.5 Å². The van der Waals surface area contributed by atoms with Crippen molar-refractivity contribution in [1.82, 2.24) is 9.88 Å². The van der Waals surface area contributed by atoms with Crippen molar-refractivity contribution in [3.05, 3.63) is 17.8 Å². The van der Waals surface area contributed by atoms with Gasteiger partial charge in [0.25, 0.3) is 0 Å². The Hall–Kier alpha value is -1.80. The maximum absolute atomic E-state index is 8.96. The molecule has 1 aromatic rings. The standard InChI is InChI=1S/C12H17N5/c1-9-8-16(2)5-6-17(9)12-11(14)10(7-13)3-4-15-12/h3-4,9H,5-6,8,14H2,1-2H3. The van der Waals surface area contributed by atoms with Crippen LogP contribution in [0.3, 0.4) is 0 Å². The molecule has 2 rings (SSSR count). The van der Waals surface area contributed by atoms with Gasteiger partial charge in [-0.1, -0.05) is 0 Å². The second kappa shape index (κ2) is 4.60. The van der Waals surface area contributed by atoms with Gasteiger partial charge in [0.2, 0.25) is 0 Å². The molecule has 1 aliphatic heterocycles. The lowest BCUT2D eigenvalue weighted by Gasteiger charge is -2.39. The summed E-state index contributed by atoms with van der Waals surface area (Å²) in [4.78, 5) is 8.78. The molecule has 1 unspecified atom stereocenters. The van der Waals surface area contributed by atoms with Crippen molar-refractivity contribution in [3.8, 4) is 6.07 Å². The number of nitrogens with zero attached hydrogens (tertiary/aromatic N) is 4. The normalized spacial score (nSPS) is 21.2. The fourth-order valence-electron chi connectivity index (χ4n) is 2.24. The molecule has 0 bridgehead atoms. The predicted octanol–water partition coefficient (Wildman–Crippen LogP) is 0.676. The van der Waals surface area contributed by atoms with Gasteiger partial charge in [0.1, 0.15) is 6.07 Å². The van der Waals surface area contributed by atoms with Crippen LogP contribution >= 0.6 is 0 Å². The van der Waals surface area contributed by atoms with Gasteiger partial charge in [0, 0.05) is 31.9 Å². The molecule has 1 fully saturated rings. The first-order valence-electron chi connectivity index (χ1n) is 5.73. The van der Waals surface area contributed by atoms with Crippen LogP contribution in [0.25, 0.3) is 0 Å². The Labute approximate surface area is 101 Å². The van der Waals surface area contributed by atoms with E-state index in [2.05, 4.69) is 34.8 Å². The Morgan fingerprint density at radius 1 is 1.53 bits per heavy atom. The Balaban J connectivity index is 2.32. The molecular weight excluding hydrogens is 214 g/mol. The molecule has 0 spiro atoms. The summed E-state index contributed by atoms with van der Waals surface area (Å²) in [5.74, 6) is 0.740. The molecule has 0 aromatic carbocycles. The largest absolute Gasteiger partial charge is 0.395 e. The van der Waals surface area contributed by atoms with E-state index in [1.807, 2.05) is 0 Å². The van der Waals surface area contributed by atoms with E-state index in [-0.39, 0.29) is 0 Å². The molecule has 1 atom stereocenters. The number of nitrogens with two attached hydrogens (primary N) is 1. The lowest BCUT2D eigenvalue weighted by atomic mass is 10.1. The lowest BCUT2D eigenvalue weighted by molar-refractivity contribution is 0.275. The van der Waals surface area contributed by atoms with Crippen molar-refractivity contribution in [2.24, 2.45) is 0 Å². The number of rotatable bonds is 1. The predicted molar refractivity (Wildman–Crippen MR) is 67.7 cm³/mol. The summed E-state index contributed by atoms with van der Waals surface area (Å²) in [6, 6.07) is 4.11. The monoisotopic (exact) mass is 231 g/mol. The zero-order chi connectivity index (χ0) is 12.4. The number of hydrogen-bond acceptors (Lipinski definition) is 5. The molecule has 2 N–H and O–H groups in total. The Morgan fingerprint density at radius 3 is 2.94 bits per heavy atom. The van der Waals surface area contributed by atoms with Crippen molar-refractivity contribution in [1.29, 1.82) is 5.26 Å². The molecule has 0 amide bonds. The van der Waals surface area contributed by atoms with Crippen LogP contribution in [-0.4, -0.2) is 42.6 Å². The molecular formula is C12H17N5. The van der Waals surface area contributed by atoms with Crippen LogP contribution in [0.1, 0.15) is 12.5 Å². The maximum atomic E-state index is 8.96. The summed E-state index contributed by atoms with van der Waals surface area (Å²) in [6.07, 6.45) is 1.65. The summed E-state index contributed by atoms with van der Waals surface area (Å²) in [5, 5.41) is 8.96. The van der Waals surface area contributed by atoms with Crippen LogP contribution in [0.4, 0.5) is 11.5 Å². The summed E-state index contributed by atoms with van der Waals surface area (Å²) >= 11 is 0. The first-order valence-corrected chi connectivity index (χ1v) is 5.73. The second-order valence-electron chi connectivity index (χ2n) is 4.51. The lowest BCUT2D eigenvalue weighted by Crippen LogP contribution is -2.51. The third-order valence-corrected chi connectivity index (χ3v) is 3.19. The summed E-state index contributed by atoms with van der Waals surface area (Å²) in [5.41, 5.74) is 6.97. The van der Waals surface area contributed by atoms with Gasteiger partial charge in [-0.3, -0.25) is 0 Å². The fraction of sp³-hybridized carbons (Fsp3) is 0.500. The zero-order valence-electron chi connectivity index (χ0n) is 10.2. The van der Waals surface area contributed by atoms with Gasteiger partial charge in [-0.15, -0.1) is 0 Å². The van der Waals surface area contributed by atoms with E-state index in [9.17, 15) is 0 Å². The highest BCUT2D eigenvalue weighted by Gasteiger charge is 2.24. The van der Waals surface area contributed by atoms with Crippen LogP contribution in [-0.2, 0) is 0 Å². The van der Waals surface area contributed by atoms with Gasteiger partial charge in [0.15, 0.2) is 5.82 Å². The Kier molecular flexibility index (Phi) is 3.16. The molecule has 90 valence electrons. The highest BCUT2D eigenvalue weighted by Crippen LogP contribution is 2.26. The van der Waals surface area contributed by atoms with Crippen molar-refractivity contribution in [2.45, 2.75) is 13.0 Å². The molecule has 0 aliphatic carbocycles. The van der Waals surface area contributed by atoms with Crippen molar-refractivity contribution in [3.63, 3.8) is 0 Å². The van der Waals surface area contributed by atoms with E-state index in [1.165, 1.54) is 0 Å². The average molecular weight is 231 g/mol. The number of hydrogen-bond donors (Lipinski definition) is 1. The number of likely N-dealkylation sites (N-methyl/N-ethyl adjacent to an activating group) is 1. The van der Waals surface area contributed by atoms with Crippen molar-refractivity contribution < 1.29 is 0 Å². The summed E-state index contributed by atoms with van der Waals surface area (Å²) in [7, 11) is 2.11.